The minimum absolute atomic E-state index is 0. The van der Waals surface area contributed by atoms with Gasteiger partial charge in [0, 0.05) is 38.8 Å². The molecule has 0 aliphatic carbocycles. The third-order valence-electron chi connectivity index (χ3n) is 3.54. The second-order valence-electron chi connectivity index (χ2n) is 5.31. The molecule has 0 fully saturated rings. The number of halogens is 3. The predicted octanol–water partition coefficient (Wildman–Crippen LogP) is 2.92. The first-order valence-corrected chi connectivity index (χ1v) is 8.38. The van der Waals surface area contributed by atoms with Crippen molar-refractivity contribution in [2.24, 2.45) is 12.0 Å². The van der Waals surface area contributed by atoms with Gasteiger partial charge >= 0.3 is 0 Å². The maximum absolute atomic E-state index is 11.7. The number of aromatic nitrogens is 1. The lowest BCUT2D eigenvalue weighted by Crippen LogP contribution is -2.40. The Morgan fingerprint density at radius 1 is 1.38 bits per heavy atom. The molecule has 9 heteroatoms. The molecule has 1 unspecified atom stereocenters. The fourth-order valence-corrected chi connectivity index (χ4v) is 2.31. The molecule has 1 rings (SSSR count). The summed E-state index contributed by atoms with van der Waals surface area (Å²) >= 11 is 12.0. The van der Waals surface area contributed by atoms with Crippen molar-refractivity contribution in [1.29, 1.82) is 0 Å². The van der Waals surface area contributed by atoms with Gasteiger partial charge in [-0.2, -0.15) is 0 Å². The SMILES string of the molecule is CCC(C)NC(=O)CCNC(=NC)NCc1cc(Cl)c(Cl)n1C.I. The zero-order chi connectivity index (χ0) is 17.4. The van der Waals surface area contributed by atoms with Gasteiger partial charge in [0.1, 0.15) is 5.15 Å². The zero-order valence-electron chi connectivity index (χ0n) is 14.4. The maximum Gasteiger partial charge on any atom is 0.221 e. The molecule has 0 aromatic carbocycles. The molecule has 0 saturated heterocycles. The summed E-state index contributed by atoms with van der Waals surface area (Å²) in [6.45, 7) is 5.07. The highest BCUT2D eigenvalue weighted by Gasteiger charge is 2.10. The van der Waals surface area contributed by atoms with Crippen LogP contribution in [0.4, 0.5) is 0 Å². The monoisotopic (exact) mass is 489 g/mol. The lowest BCUT2D eigenvalue weighted by atomic mass is 10.2. The summed E-state index contributed by atoms with van der Waals surface area (Å²) < 4.78 is 1.81. The summed E-state index contributed by atoms with van der Waals surface area (Å²) in [7, 11) is 3.53. The molecule has 0 aliphatic heterocycles. The van der Waals surface area contributed by atoms with E-state index in [9.17, 15) is 4.79 Å². The second kappa shape index (κ2) is 11.8. The van der Waals surface area contributed by atoms with Crippen LogP contribution in [-0.2, 0) is 18.4 Å². The third-order valence-corrected chi connectivity index (χ3v) is 4.38. The molecular weight excluding hydrogens is 464 g/mol. The van der Waals surface area contributed by atoms with Gasteiger partial charge in [-0.1, -0.05) is 30.1 Å². The summed E-state index contributed by atoms with van der Waals surface area (Å²) in [6.07, 6.45) is 1.32. The van der Waals surface area contributed by atoms with Gasteiger partial charge in [-0.3, -0.25) is 9.79 Å². The number of nitrogens with one attached hydrogen (secondary N) is 3. The quantitative estimate of drug-likeness (QED) is 0.313. The largest absolute Gasteiger partial charge is 0.356 e. The van der Waals surface area contributed by atoms with Gasteiger partial charge < -0.3 is 20.5 Å². The Bertz CT molecular complexity index is 562. The minimum Gasteiger partial charge on any atom is -0.356 e. The predicted molar refractivity (Wildman–Crippen MR) is 112 cm³/mol. The Hall–Kier alpha value is -0.670. The first kappa shape index (κ1) is 23.3. The van der Waals surface area contributed by atoms with Gasteiger partial charge in [0.05, 0.1) is 11.6 Å². The van der Waals surface area contributed by atoms with Crippen LogP contribution in [0.1, 0.15) is 32.4 Å². The number of aliphatic imine (C=N–C) groups is 1. The van der Waals surface area contributed by atoms with Crippen molar-refractivity contribution in [3.8, 4) is 0 Å². The van der Waals surface area contributed by atoms with E-state index in [1.54, 1.807) is 7.05 Å². The standard InChI is InChI=1S/C15H25Cl2N5O.HI/c1-5-10(2)21-13(23)6-7-19-15(18-3)20-9-11-8-12(16)14(17)22(11)4;/h8,10H,5-7,9H2,1-4H3,(H,21,23)(H2,18,19,20);1H. The molecule has 0 radical (unpaired) electrons. The van der Waals surface area contributed by atoms with E-state index in [0.29, 0.717) is 35.6 Å². The normalized spacial score (nSPS) is 12.3. The highest BCUT2D eigenvalue weighted by atomic mass is 127. The van der Waals surface area contributed by atoms with Crippen molar-refractivity contribution in [3.05, 3.63) is 21.9 Å². The topological polar surface area (TPSA) is 70.4 Å². The van der Waals surface area contributed by atoms with Crippen molar-refractivity contribution in [2.45, 2.75) is 39.3 Å². The Morgan fingerprint density at radius 3 is 2.54 bits per heavy atom. The molecule has 1 heterocycles. The Labute approximate surface area is 170 Å². The highest BCUT2D eigenvalue weighted by Crippen LogP contribution is 2.24. The molecule has 0 saturated carbocycles. The average Bonchev–Trinajstić information content (AvgIpc) is 2.77. The number of hydrogen-bond donors (Lipinski definition) is 3. The molecule has 6 nitrogen and oxygen atoms in total. The van der Waals surface area contributed by atoms with E-state index in [-0.39, 0.29) is 35.9 Å². The number of amides is 1. The number of carbonyl (C=O) groups is 1. The molecule has 0 bridgehead atoms. The van der Waals surface area contributed by atoms with Crippen molar-refractivity contribution in [2.75, 3.05) is 13.6 Å². The molecule has 0 spiro atoms. The second-order valence-corrected chi connectivity index (χ2v) is 6.08. The van der Waals surface area contributed by atoms with Crippen molar-refractivity contribution < 1.29 is 4.79 Å². The van der Waals surface area contributed by atoms with Gasteiger partial charge in [0.2, 0.25) is 5.91 Å². The first-order valence-electron chi connectivity index (χ1n) is 7.62. The van der Waals surface area contributed by atoms with Crippen LogP contribution in [0.5, 0.6) is 0 Å². The van der Waals surface area contributed by atoms with Crippen molar-refractivity contribution >= 4 is 59.0 Å². The summed E-state index contributed by atoms with van der Waals surface area (Å²) in [4.78, 5) is 15.8. The lowest BCUT2D eigenvalue weighted by Gasteiger charge is -2.14. The van der Waals surface area contributed by atoms with E-state index in [2.05, 4.69) is 20.9 Å². The van der Waals surface area contributed by atoms with Crippen molar-refractivity contribution in [1.82, 2.24) is 20.5 Å². The van der Waals surface area contributed by atoms with Crippen LogP contribution in [0.25, 0.3) is 0 Å². The lowest BCUT2D eigenvalue weighted by molar-refractivity contribution is -0.121. The molecule has 0 aliphatic rings. The van der Waals surface area contributed by atoms with Crippen LogP contribution in [-0.4, -0.2) is 36.1 Å². The van der Waals surface area contributed by atoms with Gasteiger partial charge in [-0.25, -0.2) is 0 Å². The maximum atomic E-state index is 11.7. The van der Waals surface area contributed by atoms with Gasteiger partial charge in [-0.05, 0) is 19.4 Å². The molecule has 1 atom stereocenters. The molecule has 1 aromatic rings. The smallest absolute Gasteiger partial charge is 0.221 e. The number of hydrogen-bond acceptors (Lipinski definition) is 2. The fraction of sp³-hybridized carbons (Fsp3) is 0.600. The molecular formula is C15H26Cl2IN5O. The molecule has 24 heavy (non-hydrogen) atoms. The first-order chi connectivity index (χ1) is 10.9. The van der Waals surface area contributed by atoms with Gasteiger partial charge in [0.25, 0.3) is 0 Å². The van der Waals surface area contributed by atoms with Crippen LogP contribution in [0, 0.1) is 0 Å². The molecule has 138 valence electrons. The number of rotatable bonds is 7. The van der Waals surface area contributed by atoms with E-state index < -0.39 is 0 Å². The fourth-order valence-electron chi connectivity index (χ4n) is 1.90. The van der Waals surface area contributed by atoms with E-state index in [1.165, 1.54) is 0 Å². The number of guanidine groups is 1. The summed E-state index contributed by atoms with van der Waals surface area (Å²) in [6, 6.07) is 2.01. The third kappa shape index (κ3) is 7.48. The van der Waals surface area contributed by atoms with E-state index in [4.69, 9.17) is 23.2 Å². The van der Waals surface area contributed by atoms with Crippen LogP contribution in [0.3, 0.4) is 0 Å². The van der Waals surface area contributed by atoms with Gasteiger partial charge in [0.15, 0.2) is 5.96 Å². The number of carbonyl (C=O) groups excluding carboxylic acids is 1. The van der Waals surface area contributed by atoms with Crippen LogP contribution in [0.15, 0.2) is 11.1 Å². The highest BCUT2D eigenvalue weighted by molar-refractivity contribution is 14.0. The van der Waals surface area contributed by atoms with E-state index in [0.717, 1.165) is 12.1 Å². The van der Waals surface area contributed by atoms with Crippen molar-refractivity contribution in [3.63, 3.8) is 0 Å². The Morgan fingerprint density at radius 2 is 2.04 bits per heavy atom. The Balaban J connectivity index is 0.00000529. The van der Waals surface area contributed by atoms with E-state index in [1.807, 2.05) is 31.5 Å². The molecule has 1 amide bonds. The Kier molecular flexibility index (Phi) is 11.5. The minimum atomic E-state index is 0. The van der Waals surface area contributed by atoms with E-state index >= 15 is 0 Å². The van der Waals surface area contributed by atoms with Crippen LogP contribution in [0.2, 0.25) is 10.2 Å². The van der Waals surface area contributed by atoms with Gasteiger partial charge in [-0.15, -0.1) is 24.0 Å². The summed E-state index contributed by atoms with van der Waals surface area (Å²) in [5, 5.41) is 10.2. The number of nitrogens with zero attached hydrogens (tertiary/aromatic N) is 2. The summed E-state index contributed by atoms with van der Waals surface area (Å²) in [5.74, 6) is 0.651. The molecule has 1 aromatic heterocycles. The summed E-state index contributed by atoms with van der Waals surface area (Å²) in [5.41, 5.74) is 0.942. The van der Waals surface area contributed by atoms with Crippen LogP contribution >= 0.6 is 47.2 Å². The average molecular weight is 490 g/mol. The molecule has 3 N–H and O–H groups in total. The zero-order valence-corrected chi connectivity index (χ0v) is 18.3. The van der Waals surface area contributed by atoms with Crippen LogP contribution < -0.4 is 16.0 Å².